The summed E-state index contributed by atoms with van der Waals surface area (Å²) >= 11 is 22.3. The number of carbonyl (C=O) groups is 3. The Labute approximate surface area is 307 Å². The van der Waals surface area contributed by atoms with E-state index in [0.717, 1.165) is 32.0 Å². The van der Waals surface area contributed by atoms with Gasteiger partial charge in [-0.3, -0.25) is 16.0 Å². The van der Waals surface area contributed by atoms with Gasteiger partial charge in [-0.2, -0.15) is 39.5 Å². The monoisotopic (exact) mass is 831 g/mol. The van der Waals surface area contributed by atoms with Gasteiger partial charge in [-0.25, -0.2) is 14.4 Å². The average molecular weight is 833 g/mol. The molecule has 22 heteroatoms. The highest BCUT2D eigenvalue weighted by Gasteiger charge is 2.62. The molecule has 3 aliphatic rings. The molecule has 3 atom stereocenters. The maximum absolute atomic E-state index is 13.0. The summed E-state index contributed by atoms with van der Waals surface area (Å²) in [4.78, 5) is 33.2. The average Bonchev–Trinajstić information content (AvgIpc) is 2.97. The first kappa shape index (κ1) is 42.4. The molecular formula is C30H22Cl4F9N3O6. The maximum Gasteiger partial charge on any atom is 0.448 e. The molecule has 3 heterocycles. The molecule has 3 aliphatic heterocycles. The fourth-order valence-electron chi connectivity index (χ4n) is 4.63. The third-order valence-electron chi connectivity index (χ3n) is 7.30. The van der Waals surface area contributed by atoms with Crippen molar-refractivity contribution in [3.63, 3.8) is 0 Å². The number of hydrogen-bond acceptors (Lipinski definition) is 6. The molecule has 6 rings (SSSR count). The summed E-state index contributed by atoms with van der Waals surface area (Å²) in [5.41, 5.74) is -6.23. The quantitative estimate of drug-likeness (QED) is 0.118. The summed E-state index contributed by atoms with van der Waals surface area (Å²) < 4.78 is 129. The minimum absolute atomic E-state index is 0. The summed E-state index contributed by atoms with van der Waals surface area (Å²) in [6.07, 6.45) is -17.9. The van der Waals surface area contributed by atoms with Crippen molar-refractivity contribution in [2.45, 2.75) is 56.1 Å². The van der Waals surface area contributed by atoms with Crippen molar-refractivity contribution in [2.75, 3.05) is 16.0 Å². The Balaban J connectivity index is 0.000000208. The van der Waals surface area contributed by atoms with E-state index in [9.17, 15) is 53.9 Å². The molecule has 3 aromatic rings. The zero-order valence-corrected chi connectivity index (χ0v) is 28.1. The van der Waals surface area contributed by atoms with Gasteiger partial charge in [-0.05, 0) is 68.4 Å². The van der Waals surface area contributed by atoms with Crippen molar-refractivity contribution in [3.8, 4) is 0 Å². The number of alkyl halides is 10. The summed E-state index contributed by atoms with van der Waals surface area (Å²) in [7, 11) is 0. The number of benzene rings is 3. The Bertz CT molecular complexity index is 1680. The lowest BCUT2D eigenvalue weighted by molar-refractivity contribution is -0.257. The van der Waals surface area contributed by atoms with Gasteiger partial charge in [-0.15, -0.1) is 0 Å². The molecule has 3 unspecified atom stereocenters. The van der Waals surface area contributed by atoms with Crippen LogP contribution in [0.15, 0.2) is 54.6 Å². The van der Waals surface area contributed by atoms with Gasteiger partial charge in [0.15, 0.2) is 0 Å². The lowest BCUT2D eigenvalue weighted by Crippen LogP contribution is -2.47. The van der Waals surface area contributed by atoms with E-state index in [2.05, 4.69) is 30.2 Å². The molecule has 3 N–H and O–H groups in total. The first-order valence-corrected chi connectivity index (χ1v) is 15.0. The van der Waals surface area contributed by atoms with Gasteiger partial charge < -0.3 is 14.2 Å². The van der Waals surface area contributed by atoms with Gasteiger partial charge in [0, 0.05) is 31.8 Å². The minimum Gasteiger partial charge on any atom is -0.428 e. The molecular weight excluding hydrogens is 811 g/mol. The Kier molecular flexibility index (Phi) is 11.8. The van der Waals surface area contributed by atoms with Crippen molar-refractivity contribution in [1.29, 1.82) is 0 Å². The number of halogens is 13. The Morgan fingerprint density at radius 3 is 1.12 bits per heavy atom. The molecule has 3 aromatic carbocycles. The van der Waals surface area contributed by atoms with Gasteiger partial charge >= 0.3 is 41.9 Å². The number of cyclic esters (lactones) is 3. The van der Waals surface area contributed by atoms with Crippen molar-refractivity contribution >= 4 is 81.7 Å². The number of nitrogens with one attached hydrogen (secondary N) is 3. The topological polar surface area (TPSA) is 115 Å². The Morgan fingerprint density at radius 1 is 0.519 bits per heavy atom. The Morgan fingerprint density at radius 2 is 0.808 bits per heavy atom. The Hall–Kier alpha value is -4.00. The first-order valence-electron chi connectivity index (χ1n) is 13.5. The molecule has 9 nitrogen and oxygen atoms in total. The van der Waals surface area contributed by atoms with Crippen molar-refractivity contribution in [3.05, 3.63) is 86.4 Å². The molecule has 0 fully saturated rings. The van der Waals surface area contributed by atoms with Gasteiger partial charge in [0.05, 0.1) is 17.1 Å². The van der Waals surface area contributed by atoms with Gasteiger partial charge in [0.2, 0.25) is 11.2 Å². The van der Waals surface area contributed by atoms with Crippen LogP contribution in [0.25, 0.3) is 0 Å². The van der Waals surface area contributed by atoms with Crippen LogP contribution in [0.3, 0.4) is 0 Å². The molecule has 0 aromatic heterocycles. The zero-order chi connectivity index (χ0) is 38.5. The van der Waals surface area contributed by atoms with Gasteiger partial charge in [0.1, 0.15) is 0 Å². The molecule has 284 valence electrons. The third kappa shape index (κ3) is 8.14. The second-order valence-electron chi connectivity index (χ2n) is 10.8. The predicted octanol–water partition coefficient (Wildman–Crippen LogP) is 11.9. The highest BCUT2D eigenvalue weighted by atomic mass is 35.5. The first-order chi connectivity index (χ1) is 23.2. The van der Waals surface area contributed by atoms with E-state index in [1.54, 1.807) is 0 Å². The normalized spacial score (nSPS) is 23.2. The molecule has 0 saturated carbocycles. The number of hydrogen-bond donors (Lipinski definition) is 3. The summed E-state index contributed by atoms with van der Waals surface area (Å²) in [5.74, 6) is 0. The molecule has 0 saturated heterocycles. The van der Waals surface area contributed by atoms with E-state index < -0.39 is 58.6 Å². The van der Waals surface area contributed by atoms with Crippen LogP contribution in [-0.2, 0) is 30.5 Å². The van der Waals surface area contributed by atoms with E-state index in [1.165, 1.54) is 36.4 Å². The van der Waals surface area contributed by atoms with Crippen molar-refractivity contribution in [1.82, 2.24) is 0 Å². The maximum atomic E-state index is 13.0. The van der Waals surface area contributed by atoms with Crippen LogP contribution in [0.1, 0.15) is 38.0 Å². The zero-order valence-electron chi connectivity index (χ0n) is 25.1. The van der Waals surface area contributed by atoms with Crippen LogP contribution in [0, 0.1) is 0 Å². The number of ether oxygens (including phenoxy) is 3. The van der Waals surface area contributed by atoms with Gasteiger partial charge in [0.25, 0.3) is 0 Å². The third-order valence-corrected chi connectivity index (χ3v) is 8.50. The van der Waals surface area contributed by atoms with E-state index >= 15 is 0 Å². The van der Waals surface area contributed by atoms with Crippen molar-refractivity contribution < 1.29 is 68.1 Å². The minimum atomic E-state index is -4.95. The van der Waals surface area contributed by atoms with E-state index in [1.807, 2.05) is 0 Å². The second kappa shape index (κ2) is 14.4. The highest BCUT2D eigenvalue weighted by Crippen LogP contribution is 2.51. The largest absolute Gasteiger partial charge is 0.448 e. The summed E-state index contributed by atoms with van der Waals surface area (Å²) in [6.45, 7) is 1.59. The summed E-state index contributed by atoms with van der Waals surface area (Å²) in [5, 5.41) is 3.62. The lowest BCUT2D eigenvalue weighted by Gasteiger charge is -2.36. The van der Waals surface area contributed by atoms with Crippen molar-refractivity contribution in [2.24, 2.45) is 0 Å². The SMILES string of the molecule is C.CC1(C(F)(F)F)OC(=O)Nc2ccc(Cl)cc21.CC1(C(F)(F)F)OC(=O)Nc2ccc(Cl)cc21.O=C1Nc2ccc(Cl)cc2C(Cl)(C(F)(F)F)O1. The van der Waals surface area contributed by atoms with E-state index in [-0.39, 0.29) is 50.7 Å². The molecule has 0 radical (unpaired) electrons. The van der Waals surface area contributed by atoms with Crippen LogP contribution in [0.5, 0.6) is 0 Å². The van der Waals surface area contributed by atoms with E-state index in [0.29, 0.717) is 0 Å². The molecule has 52 heavy (non-hydrogen) atoms. The fourth-order valence-corrected chi connectivity index (χ4v) is 5.38. The number of rotatable bonds is 0. The molecule has 0 bridgehead atoms. The van der Waals surface area contributed by atoms with Crippen LogP contribution in [-0.4, -0.2) is 36.8 Å². The molecule has 0 spiro atoms. The van der Waals surface area contributed by atoms with Gasteiger partial charge in [-0.1, -0.05) is 53.8 Å². The van der Waals surface area contributed by atoms with Crippen LogP contribution < -0.4 is 16.0 Å². The predicted molar refractivity (Wildman–Crippen MR) is 172 cm³/mol. The highest BCUT2D eigenvalue weighted by molar-refractivity contribution is 6.32. The lowest BCUT2D eigenvalue weighted by atomic mass is 9.92. The van der Waals surface area contributed by atoms with E-state index in [4.69, 9.17) is 46.4 Å². The number of amides is 3. The van der Waals surface area contributed by atoms with Crippen LogP contribution in [0.4, 0.5) is 71.0 Å². The number of fused-ring (bicyclic) bond motifs is 3. The summed E-state index contributed by atoms with van der Waals surface area (Å²) in [6, 6.07) is 11.2. The second-order valence-corrected chi connectivity index (χ2v) is 12.6. The molecule has 0 aliphatic carbocycles. The smallest absolute Gasteiger partial charge is 0.428 e. The number of anilines is 3. The van der Waals surface area contributed by atoms with Crippen LogP contribution in [0.2, 0.25) is 15.1 Å². The van der Waals surface area contributed by atoms with Crippen LogP contribution >= 0.6 is 46.4 Å². The molecule has 3 amide bonds. The number of carbonyl (C=O) groups excluding carboxylic acids is 3. The fraction of sp³-hybridized carbons (Fsp3) is 0.300. The standard InChI is InChI=1S/2C10H7ClF3NO2.C9H4Cl2F3NO2.CH4/c2*1-9(10(12,13)14)6-4-5(11)2-3-7(6)15-8(16)17-9;10-4-1-2-6-5(3-4)8(11,9(12,13)14)17-7(16)15-6;/h2*2-4H,1H3,(H,15,16);1-3H,(H,15,16);1H4.